The second-order valence-electron chi connectivity index (χ2n) is 3.86. The molecule has 0 atom stereocenters. The van der Waals surface area contributed by atoms with Gasteiger partial charge < -0.3 is 5.11 Å². The maximum atomic E-state index is 11.6. The number of hydrogen-bond acceptors (Lipinski definition) is 4. The third-order valence-corrected chi connectivity index (χ3v) is 3.83. The van der Waals surface area contributed by atoms with Gasteiger partial charge in [0.25, 0.3) is 5.91 Å². The van der Waals surface area contributed by atoms with E-state index in [0.717, 1.165) is 5.56 Å². The van der Waals surface area contributed by atoms with Crippen molar-refractivity contribution in [3.05, 3.63) is 50.1 Å². The number of carbonyl (C=O) groups excluding carboxylic acids is 1. The number of nitrogens with one attached hydrogen (secondary N) is 1. The van der Waals surface area contributed by atoms with Gasteiger partial charge in [0.15, 0.2) is 0 Å². The summed E-state index contributed by atoms with van der Waals surface area (Å²) in [5.41, 5.74) is 3.94. The average molecular weight is 339 g/mol. The number of hydrazone groups is 1. The summed E-state index contributed by atoms with van der Waals surface area (Å²) in [6.07, 6.45) is 1.42. The summed E-state index contributed by atoms with van der Waals surface area (Å²) in [5.74, 6) is -0.169. The summed E-state index contributed by atoms with van der Waals surface area (Å²) in [4.78, 5) is 12.2. The van der Waals surface area contributed by atoms with Gasteiger partial charge in [-0.25, -0.2) is 5.43 Å². The van der Waals surface area contributed by atoms with Gasteiger partial charge in [-0.2, -0.15) is 5.10 Å². The lowest BCUT2D eigenvalue weighted by molar-refractivity contribution is 0.0959. The van der Waals surface area contributed by atoms with Crippen LogP contribution in [0.25, 0.3) is 0 Å². The van der Waals surface area contributed by atoms with E-state index in [1.165, 1.54) is 17.6 Å². The first-order valence-electron chi connectivity index (χ1n) is 5.44. The quantitative estimate of drug-likeness (QED) is 0.666. The molecule has 0 spiro atoms. The minimum Gasteiger partial charge on any atom is -0.506 e. The van der Waals surface area contributed by atoms with Crippen LogP contribution in [0.3, 0.4) is 0 Å². The number of halogens is 1. The molecule has 1 heterocycles. The molecule has 2 rings (SSSR count). The Balaban J connectivity index is 2.09. The van der Waals surface area contributed by atoms with Gasteiger partial charge in [-0.1, -0.05) is 6.07 Å². The first kappa shape index (κ1) is 13.8. The Bertz CT molecular complexity index is 624. The zero-order valence-electron chi connectivity index (χ0n) is 10.1. The van der Waals surface area contributed by atoms with E-state index in [4.69, 9.17) is 0 Å². The summed E-state index contributed by atoms with van der Waals surface area (Å²) in [6, 6.07) is 7.10. The normalized spacial score (nSPS) is 10.8. The largest absolute Gasteiger partial charge is 0.506 e. The number of aromatic hydroxyl groups is 1. The molecule has 19 heavy (non-hydrogen) atoms. The van der Waals surface area contributed by atoms with E-state index in [1.807, 2.05) is 12.3 Å². The second-order valence-corrected chi connectivity index (χ2v) is 5.66. The fourth-order valence-corrected chi connectivity index (χ4v) is 2.69. The maximum Gasteiger partial charge on any atom is 0.281 e. The molecule has 0 aliphatic carbocycles. The monoisotopic (exact) mass is 338 g/mol. The van der Waals surface area contributed by atoms with Gasteiger partial charge in [-0.3, -0.25) is 4.79 Å². The van der Waals surface area contributed by atoms with Gasteiger partial charge in [0.2, 0.25) is 0 Å². The van der Waals surface area contributed by atoms with Crippen molar-refractivity contribution in [1.82, 2.24) is 5.43 Å². The molecule has 0 aliphatic heterocycles. The molecular weight excluding hydrogens is 328 g/mol. The molecule has 0 saturated carbocycles. The molecular formula is C13H11BrN2O2S. The van der Waals surface area contributed by atoms with E-state index in [0.29, 0.717) is 14.9 Å². The van der Waals surface area contributed by atoms with Crippen LogP contribution in [0.15, 0.2) is 39.2 Å². The standard InChI is InChI=1S/C13H11BrN2O2S/c1-8-5-9(12(17)10(14)6-8)7-15-16-13(18)11-3-2-4-19-11/h2-7,17H,1H3,(H,16,18). The van der Waals surface area contributed by atoms with E-state index in [9.17, 15) is 9.90 Å². The van der Waals surface area contributed by atoms with Gasteiger partial charge in [-0.15, -0.1) is 11.3 Å². The predicted molar refractivity (Wildman–Crippen MR) is 79.9 cm³/mol. The van der Waals surface area contributed by atoms with Crippen LogP contribution in [0.2, 0.25) is 0 Å². The van der Waals surface area contributed by atoms with Crippen LogP contribution >= 0.6 is 27.3 Å². The fourth-order valence-electron chi connectivity index (χ4n) is 1.48. The van der Waals surface area contributed by atoms with Gasteiger partial charge in [0.1, 0.15) is 5.75 Å². The lowest BCUT2D eigenvalue weighted by Gasteiger charge is -2.03. The number of amides is 1. The van der Waals surface area contributed by atoms with Crippen molar-refractivity contribution < 1.29 is 9.90 Å². The Hall–Kier alpha value is -1.66. The number of benzene rings is 1. The number of rotatable bonds is 3. The Labute approximate surface area is 122 Å². The molecule has 0 radical (unpaired) electrons. The molecule has 0 bridgehead atoms. The van der Waals surface area contributed by atoms with Crippen LogP contribution in [-0.4, -0.2) is 17.2 Å². The van der Waals surface area contributed by atoms with Gasteiger partial charge in [0.05, 0.1) is 15.6 Å². The number of phenols is 1. The summed E-state index contributed by atoms with van der Waals surface area (Å²) < 4.78 is 0.596. The van der Waals surface area contributed by atoms with Gasteiger partial charge in [0, 0.05) is 5.56 Å². The molecule has 6 heteroatoms. The molecule has 98 valence electrons. The van der Waals surface area contributed by atoms with E-state index < -0.39 is 0 Å². The van der Waals surface area contributed by atoms with E-state index in [-0.39, 0.29) is 11.7 Å². The van der Waals surface area contributed by atoms with Crippen LogP contribution in [0, 0.1) is 6.92 Å². The van der Waals surface area contributed by atoms with Crippen LogP contribution < -0.4 is 5.43 Å². The third kappa shape index (κ3) is 3.42. The molecule has 1 aromatic carbocycles. The first-order chi connectivity index (χ1) is 9.08. The van der Waals surface area contributed by atoms with E-state index >= 15 is 0 Å². The number of phenolic OH excluding ortho intramolecular Hbond substituents is 1. The van der Waals surface area contributed by atoms with Crippen molar-refractivity contribution in [2.24, 2.45) is 5.10 Å². The Kier molecular flexibility index (Phi) is 4.34. The SMILES string of the molecule is Cc1cc(Br)c(O)c(C=NNC(=O)c2cccs2)c1. The van der Waals surface area contributed by atoms with E-state index in [1.54, 1.807) is 24.3 Å². The van der Waals surface area contributed by atoms with E-state index in [2.05, 4.69) is 26.5 Å². The molecule has 0 fully saturated rings. The number of nitrogens with zero attached hydrogens (tertiary/aromatic N) is 1. The van der Waals surface area contributed by atoms with Crippen LogP contribution in [-0.2, 0) is 0 Å². The Morgan fingerprint density at radius 2 is 2.32 bits per heavy atom. The molecule has 2 aromatic rings. The zero-order valence-corrected chi connectivity index (χ0v) is 12.5. The molecule has 4 nitrogen and oxygen atoms in total. The highest BCUT2D eigenvalue weighted by Crippen LogP contribution is 2.28. The van der Waals surface area contributed by atoms with Crippen molar-refractivity contribution in [2.45, 2.75) is 6.92 Å². The van der Waals surface area contributed by atoms with Gasteiger partial charge in [-0.05, 0) is 52.0 Å². The summed E-state index contributed by atoms with van der Waals surface area (Å²) in [7, 11) is 0. The fraction of sp³-hybridized carbons (Fsp3) is 0.0769. The highest BCUT2D eigenvalue weighted by atomic mass is 79.9. The number of aryl methyl sites for hydroxylation is 1. The molecule has 1 amide bonds. The number of hydrogen-bond donors (Lipinski definition) is 2. The number of carbonyl (C=O) groups is 1. The molecule has 0 aliphatic rings. The lowest BCUT2D eigenvalue weighted by Crippen LogP contribution is -2.16. The van der Waals surface area contributed by atoms with Crippen molar-refractivity contribution in [1.29, 1.82) is 0 Å². The van der Waals surface area contributed by atoms with Crippen molar-refractivity contribution in [3.63, 3.8) is 0 Å². The smallest absolute Gasteiger partial charge is 0.281 e. The summed E-state index contributed by atoms with van der Waals surface area (Å²) in [6.45, 7) is 1.91. The van der Waals surface area contributed by atoms with Crippen molar-refractivity contribution in [2.75, 3.05) is 0 Å². The predicted octanol–water partition coefficient (Wildman–Crippen LogP) is 3.29. The van der Waals surface area contributed by atoms with Gasteiger partial charge >= 0.3 is 0 Å². The highest BCUT2D eigenvalue weighted by Gasteiger charge is 2.06. The van der Waals surface area contributed by atoms with Crippen LogP contribution in [0.5, 0.6) is 5.75 Å². The topological polar surface area (TPSA) is 61.7 Å². The summed E-state index contributed by atoms with van der Waals surface area (Å²) >= 11 is 4.59. The third-order valence-electron chi connectivity index (χ3n) is 2.35. The average Bonchev–Trinajstić information content (AvgIpc) is 2.88. The molecule has 0 saturated heterocycles. The highest BCUT2D eigenvalue weighted by molar-refractivity contribution is 9.10. The van der Waals surface area contributed by atoms with Crippen LogP contribution in [0.1, 0.15) is 20.8 Å². The van der Waals surface area contributed by atoms with Crippen LogP contribution in [0.4, 0.5) is 0 Å². The number of thiophene rings is 1. The van der Waals surface area contributed by atoms with Crippen molar-refractivity contribution >= 4 is 39.4 Å². The minimum atomic E-state index is -0.266. The molecule has 0 unspecified atom stereocenters. The molecule has 2 N–H and O–H groups in total. The second kappa shape index (κ2) is 5.99. The zero-order chi connectivity index (χ0) is 13.8. The first-order valence-corrected chi connectivity index (χ1v) is 7.11. The maximum absolute atomic E-state index is 11.6. The Morgan fingerprint density at radius 1 is 1.53 bits per heavy atom. The summed E-state index contributed by atoms with van der Waals surface area (Å²) in [5, 5.41) is 15.5. The minimum absolute atomic E-state index is 0.0970. The lowest BCUT2D eigenvalue weighted by atomic mass is 10.1. The van der Waals surface area contributed by atoms with Crippen molar-refractivity contribution in [3.8, 4) is 5.75 Å². The Morgan fingerprint density at radius 3 is 3.00 bits per heavy atom. The molecule has 1 aromatic heterocycles.